The number of carbonyl (C=O) groups is 3. The van der Waals surface area contributed by atoms with Crippen molar-refractivity contribution in [1.82, 2.24) is 5.32 Å². The molecule has 0 saturated heterocycles. The molecule has 1 amide bonds. The maximum Gasteiger partial charge on any atom is 0.220 e. The van der Waals surface area contributed by atoms with Crippen molar-refractivity contribution >= 4 is 17.5 Å². The molecule has 1 aliphatic carbocycles. The number of rotatable bonds is 6. The lowest BCUT2D eigenvalue weighted by molar-refractivity contribution is -0.121. The van der Waals surface area contributed by atoms with Crippen molar-refractivity contribution in [3.63, 3.8) is 0 Å². The van der Waals surface area contributed by atoms with Crippen molar-refractivity contribution in [3.05, 3.63) is 46.5 Å². The number of benzene rings is 1. The Hall–Kier alpha value is -2.27. The van der Waals surface area contributed by atoms with Crippen LogP contribution in [0.15, 0.2) is 35.4 Å². The highest BCUT2D eigenvalue weighted by atomic mass is 16.2. The minimum atomic E-state index is -0.102. The molecule has 0 radical (unpaired) electrons. The molecule has 116 valence electrons. The molecule has 0 aromatic heterocycles. The fraction of sp³-hybridized carbons (Fsp3) is 0.353. The average molecular weight is 300 g/mol. The van der Waals surface area contributed by atoms with E-state index in [-0.39, 0.29) is 17.5 Å². The van der Waals surface area contributed by atoms with Gasteiger partial charge >= 0.3 is 0 Å². The molecule has 0 fully saturated rings. The van der Waals surface area contributed by atoms with Gasteiger partial charge in [-0.05, 0) is 19.8 Å². The maximum absolute atomic E-state index is 12.5. The van der Waals surface area contributed by atoms with Gasteiger partial charge in [0.2, 0.25) is 5.91 Å². The number of Topliss-reactive ketones (excluding diaryl/α,β-unsaturated/α-hetero) is 2. The second-order valence-corrected chi connectivity index (χ2v) is 5.30. The van der Waals surface area contributed by atoms with Crippen LogP contribution < -0.4 is 11.1 Å². The van der Waals surface area contributed by atoms with E-state index in [1.54, 1.807) is 31.2 Å². The Morgan fingerprint density at radius 2 is 1.77 bits per heavy atom. The molecule has 0 unspecified atom stereocenters. The molecule has 0 atom stereocenters. The van der Waals surface area contributed by atoms with Crippen LogP contribution in [0.5, 0.6) is 0 Å². The Kier molecular flexibility index (Phi) is 5.22. The van der Waals surface area contributed by atoms with Gasteiger partial charge in [-0.25, -0.2) is 0 Å². The van der Waals surface area contributed by atoms with E-state index >= 15 is 0 Å². The second-order valence-electron chi connectivity index (χ2n) is 5.30. The van der Waals surface area contributed by atoms with Crippen LogP contribution in [-0.4, -0.2) is 30.6 Å². The molecule has 1 aromatic carbocycles. The number of hydrogen-bond donors (Lipinski definition) is 2. The van der Waals surface area contributed by atoms with E-state index in [1.807, 2.05) is 0 Å². The quantitative estimate of drug-likeness (QED) is 0.835. The monoisotopic (exact) mass is 300 g/mol. The van der Waals surface area contributed by atoms with Gasteiger partial charge in [0.25, 0.3) is 0 Å². The lowest BCUT2D eigenvalue weighted by Gasteiger charge is -2.18. The molecule has 5 heteroatoms. The number of allylic oxidation sites excluding steroid dienone is 2. The molecule has 5 nitrogen and oxygen atoms in total. The van der Waals surface area contributed by atoms with Crippen molar-refractivity contribution in [2.24, 2.45) is 5.73 Å². The van der Waals surface area contributed by atoms with Crippen LogP contribution in [-0.2, 0) is 4.79 Å². The summed E-state index contributed by atoms with van der Waals surface area (Å²) in [5.41, 5.74) is 7.26. The van der Waals surface area contributed by atoms with E-state index in [0.717, 1.165) is 0 Å². The number of nitrogens with one attached hydrogen (secondary N) is 1. The average Bonchev–Trinajstić information content (AvgIpc) is 2.54. The summed E-state index contributed by atoms with van der Waals surface area (Å²) in [7, 11) is 0. The summed E-state index contributed by atoms with van der Waals surface area (Å²) in [6, 6.07) is 6.86. The van der Waals surface area contributed by atoms with Gasteiger partial charge in [0.15, 0.2) is 11.6 Å². The molecular formula is C17H20N2O3. The van der Waals surface area contributed by atoms with Crippen LogP contribution in [0.3, 0.4) is 0 Å². The van der Waals surface area contributed by atoms with Crippen LogP contribution >= 0.6 is 0 Å². The van der Waals surface area contributed by atoms with Crippen molar-refractivity contribution in [3.8, 4) is 0 Å². The van der Waals surface area contributed by atoms with Crippen LogP contribution in [0.25, 0.3) is 0 Å². The van der Waals surface area contributed by atoms with Crippen LogP contribution in [0, 0.1) is 0 Å². The highest BCUT2D eigenvalue weighted by molar-refractivity contribution is 6.26. The van der Waals surface area contributed by atoms with E-state index in [0.29, 0.717) is 54.6 Å². The van der Waals surface area contributed by atoms with Crippen molar-refractivity contribution in [2.45, 2.75) is 26.2 Å². The molecule has 0 aliphatic heterocycles. The number of hydrogen-bond acceptors (Lipinski definition) is 4. The normalized spacial score (nSPS) is 14.1. The zero-order valence-corrected chi connectivity index (χ0v) is 12.6. The fourth-order valence-corrected chi connectivity index (χ4v) is 2.58. The summed E-state index contributed by atoms with van der Waals surface area (Å²) >= 11 is 0. The van der Waals surface area contributed by atoms with Gasteiger partial charge in [-0.2, -0.15) is 0 Å². The molecule has 0 spiro atoms. The van der Waals surface area contributed by atoms with Crippen molar-refractivity contribution in [2.75, 3.05) is 13.1 Å². The Balaban J connectivity index is 2.05. The van der Waals surface area contributed by atoms with E-state index in [9.17, 15) is 14.4 Å². The summed E-state index contributed by atoms with van der Waals surface area (Å²) in [5, 5.41) is 2.69. The molecule has 0 heterocycles. The summed E-state index contributed by atoms with van der Waals surface area (Å²) in [6.07, 6.45) is 1.28. The minimum absolute atomic E-state index is 0.0845. The Bertz CT molecular complexity index is 647. The standard InChI is InChI=1S/C17H20N2O3/c1-11-12(7-4-8-15(20)19-10-9-18)17(22)14-6-3-2-5-13(14)16(11)21/h2-3,5-6H,4,7-10,18H2,1H3,(H,19,20). The van der Waals surface area contributed by atoms with Crippen LogP contribution in [0.4, 0.5) is 0 Å². The van der Waals surface area contributed by atoms with Gasteiger partial charge in [0, 0.05) is 41.8 Å². The predicted molar refractivity (Wildman–Crippen MR) is 83.7 cm³/mol. The highest BCUT2D eigenvalue weighted by Crippen LogP contribution is 2.28. The van der Waals surface area contributed by atoms with Gasteiger partial charge in [-0.1, -0.05) is 24.3 Å². The first kappa shape index (κ1) is 16.1. The number of fused-ring (bicyclic) bond motifs is 1. The third-order valence-electron chi connectivity index (χ3n) is 3.78. The Morgan fingerprint density at radius 3 is 2.41 bits per heavy atom. The van der Waals surface area contributed by atoms with Crippen molar-refractivity contribution in [1.29, 1.82) is 0 Å². The SMILES string of the molecule is CC1=C(CCCC(=O)NCCN)C(=O)c2ccccc2C1=O. The lowest BCUT2D eigenvalue weighted by Crippen LogP contribution is -2.28. The second kappa shape index (κ2) is 7.13. The minimum Gasteiger partial charge on any atom is -0.355 e. The van der Waals surface area contributed by atoms with E-state index in [1.165, 1.54) is 0 Å². The molecule has 1 aromatic rings. The first-order valence-corrected chi connectivity index (χ1v) is 7.41. The summed E-state index contributed by atoms with van der Waals surface area (Å²) in [6.45, 7) is 2.53. The number of carbonyl (C=O) groups excluding carboxylic acids is 3. The first-order chi connectivity index (χ1) is 10.6. The Morgan fingerprint density at radius 1 is 1.14 bits per heavy atom. The van der Waals surface area contributed by atoms with Gasteiger partial charge in [0.1, 0.15) is 0 Å². The van der Waals surface area contributed by atoms with Crippen LogP contribution in [0.2, 0.25) is 0 Å². The Labute approximate surface area is 129 Å². The topological polar surface area (TPSA) is 89.3 Å². The molecule has 3 N–H and O–H groups in total. The third-order valence-corrected chi connectivity index (χ3v) is 3.78. The summed E-state index contributed by atoms with van der Waals surface area (Å²) < 4.78 is 0. The lowest BCUT2D eigenvalue weighted by atomic mass is 9.83. The maximum atomic E-state index is 12.5. The third kappa shape index (κ3) is 3.31. The number of nitrogens with two attached hydrogens (primary N) is 1. The number of ketones is 2. The molecule has 1 aliphatic rings. The van der Waals surface area contributed by atoms with Gasteiger partial charge in [-0.15, -0.1) is 0 Å². The molecule has 22 heavy (non-hydrogen) atoms. The van der Waals surface area contributed by atoms with Crippen LogP contribution in [0.1, 0.15) is 46.9 Å². The molecule has 0 bridgehead atoms. The zero-order valence-electron chi connectivity index (χ0n) is 12.6. The smallest absolute Gasteiger partial charge is 0.220 e. The van der Waals surface area contributed by atoms with Gasteiger partial charge in [-0.3, -0.25) is 14.4 Å². The zero-order chi connectivity index (χ0) is 16.1. The number of amides is 1. The highest BCUT2D eigenvalue weighted by Gasteiger charge is 2.28. The predicted octanol–water partition coefficient (Wildman–Crippen LogP) is 1.63. The molecule has 2 rings (SSSR count). The summed E-state index contributed by atoms with van der Waals surface area (Å²) in [4.78, 5) is 36.3. The molecule has 0 saturated carbocycles. The molecular weight excluding hydrogens is 280 g/mol. The largest absolute Gasteiger partial charge is 0.355 e. The van der Waals surface area contributed by atoms with Gasteiger partial charge in [0.05, 0.1) is 0 Å². The fourth-order valence-electron chi connectivity index (χ4n) is 2.58. The van der Waals surface area contributed by atoms with E-state index in [2.05, 4.69) is 5.32 Å². The van der Waals surface area contributed by atoms with Gasteiger partial charge < -0.3 is 11.1 Å². The summed E-state index contributed by atoms with van der Waals surface area (Å²) in [5.74, 6) is -0.286. The van der Waals surface area contributed by atoms with E-state index in [4.69, 9.17) is 5.73 Å². The van der Waals surface area contributed by atoms with E-state index < -0.39 is 0 Å². The first-order valence-electron chi connectivity index (χ1n) is 7.41. The van der Waals surface area contributed by atoms with Crippen molar-refractivity contribution < 1.29 is 14.4 Å².